The van der Waals surface area contributed by atoms with Crippen LogP contribution in [0.1, 0.15) is 6.92 Å². The average Bonchev–Trinajstić information content (AvgIpc) is 2.86. The molecule has 0 fully saturated rings. The first-order chi connectivity index (χ1) is 8.18. The summed E-state index contributed by atoms with van der Waals surface area (Å²) in [6, 6.07) is 7.41. The van der Waals surface area contributed by atoms with Crippen molar-refractivity contribution < 1.29 is 4.79 Å². The summed E-state index contributed by atoms with van der Waals surface area (Å²) in [7, 11) is 0. The monoisotopic (exact) mass is 230 g/mol. The van der Waals surface area contributed by atoms with E-state index in [9.17, 15) is 4.79 Å². The molecule has 1 aromatic heterocycles. The fourth-order valence-electron chi connectivity index (χ4n) is 2.24. The smallest absolute Gasteiger partial charge is 0.245 e. The minimum atomic E-state index is -0.485. The van der Waals surface area contributed by atoms with Gasteiger partial charge in [0.1, 0.15) is 0 Å². The molecule has 17 heavy (non-hydrogen) atoms. The molecule has 0 aliphatic carbocycles. The van der Waals surface area contributed by atoms with Crippen LogP contribution in [0, 0.1) is 0 Å². The maximum Gasteiger partial charge on any atom is 0.245 e. The molecule has 0 spiro atoms. The van der Waals surface area contributed by atoms with Crippen LogP contribution < -0.4 is 10.6 Å². The zero-order valence-electron chi connectivity index (χ0n) is 9.63. The van der Waals surface area contributed by atoms with E-state index in [1.54, 1.807) is 11.8 Å². The number of hydrogen-bond acceptors (Lipinski definition) is 3. The number of carbonyl (C=O) groups is 1. The van der Waals surface area contributed by atoms with Crippen molar-refractivity contribution in [3.63, 3.8) is 0 Å². The van der Waals surface area contributed by atoms with Crippen LogP contribution in [-0.4, -0.2) is 28.0 Å². The Kier molecular flexibility index (Phi) is 2.16. The fourth-order valence-corrected chi connectivity index (χ4v) is 2.24. The molecule has 0 saturated carbocycles. The third-order valence-electron chi connectivity index (χ3n) is 3.08. The zero-order valence-corrected chi connectivity index (χ0v) is 9.63. The highest BCUT2D eigenvalue weighted by Gasteiger charge is 2.29. The summed E-state index contributed by atoms with van der Waals surface area (Å²) in [6.45, 7) is 3.15. The summed E-state index contributed by atoms with van der Waals surface area (Å²) >= 11 is 0. The highest BCUT2D eigenvalue weighted by atomic mass is 16.2. The van der Waals surface area contributed by atoms with Gasteiger partial charge in [0.05, 0.1) is 17.1 Å². The number of carbonyl (C=O) groups excluding carboxylic acids is 1. The molecule has 0 radical (unpaired) electrons. The van der Waals surface area contributed by atoms with E-state index in [-0.39, 0.29) is 5.91 Å². The molecule has 1 aliphatic rings. The van der Waals surface area contributed by atoms with Crippen molar-refractivity contribution in [3.05, 3.63) is 24.3 Å². The van der Waals surface area contributed by atoms with E-state index in [4.69, 9.17) is 5.73 Å². The molecule has 1 aliphatic heterocycles. The van der Waals surface area contributed by atoms with E-state index < -0.39 is 6.04 Å². The van der Waals surface area contributed by atoms with Gasteiger partial charge in [-0.15, -0.1) is 0 Å². The molecule has 5 heteroatoms. The van der Waals surface area contributed by atoms with Gasteiger partial charge in [0.25, 0.3) is 0 Å². The Hall–Kier alpha value is -1.88. The Balaban J connectivity index is 2.11. The molecule has 1 aromatic carbocycles. The van der Waals surface area contributed by atoms with Crippen LogP contribution in [0.25, 0.3) is 11.0 Å². The number of nitrogens with zero attached hydrogens (tertiary/aromatic N) is 3. The summed E-state index contributed by atoms with van der Waals surface area (Å²) in [5, 5.41) is 0. The van der Waals surface area contributed by atoms with Gasteiger partial charge in [0.2, 0.25) is 11.9 Å². The predicted molar refractivity (Wildman–Crippen MR) is 65.7 cm³/mol. The summed E-state index contributed by atoms with van der Waals surface area (Å²) in [4.78, 5) is 18.1. The average molecular weight is 230 g/mol. The fraction of sp³-hybridized carbons (Fsp3) is 0.333. The summed E-state index contributed by atoms with van der Waals surface area (Å²) in [5.74, 6) is 0.646. The summed E-state index contributed by atoms with van der Waals surface area (Å²) < 4.78 is 2.07. The standard InChI is InChI=1S/C12H14N4O/c1-8(13)11(17)16-7-6-15-10-5-3-2-4-9(10)14-12(15)16/h2-5,8H,6-7,13H2,1H3/t8-/m1/s1. The van der Waals surface area contributed by atoms with Crippen LogP contribution >= 0.6 is 0 Å². The van der Waals surface area contributed by atoms with E-state index in [0.717, 1.165) is 17.6 Å². The number of imidazole rings is 1. The number of benzene rings is 1. The molecule has 0 bridgehead atoms. The van der Waals surface area contributed by atoms with Crippen LogP contribution in [0.15, 0.2) is 24.3 Å². The first-order valence-electron chi connectivity index (χ1n) is 5.70. The Morgan fingerprint density at radius 1 is 1.41 bits per heavy atom. The highest BCUT2D eigenvalue weighted by molar-refractivity contribution is 5.97. The summed E-state index contributed by atoms with van der Waals surface area (Å²) in [6.07, 6.45) is 0. The largest absolute Gasteiger partial charge is 0.320 e. The van der Waals surface area contributed by atoms with Crippen molar-refractivity contribution in [2.24, 2.45) is 5.73 Å². The number of hydrogen-bond donors (Lipinski definition) is 1. The number of aromatic nitrogens is 2. The molecule has 5 nitrogen and oxygen atoms in total. The van der Waals surface area contributed by atoms with Gasteiger partial charge in [0, 0.05) is 13.1 Å². The van der Waals surface area contributed by atoms with Crippen molar-refractivity contribution in [2.45, 2.75) is 19.5 Å². The van der Waals surface area contributed by atoms with Gasteiger partial charge >= 0.3 is 0 Å². The molecule has 0 unspecified atom stereocenters. The third kappa shape index (κ3) is 1.43. The van der Waals surface area contributed by atoms with Crippen LogP contribution in [0.5, 0.6) is 0 Å². The van der Waals surface area contributed by atoms with Crippen molar-refractivity contribution in [3.8, 4) is 0 Å². The predicted octanol–water partition coefficient (Wildman–Crippen LogP) is 0.730. The van der Waals surface area contributed by atoms with Crippen molar-refractivity contribution >= 4 is 22.9 Å². The molecule has 2 heterocycles. The number of nitrogens with two attached hydrogens (primary N) is 1. The molecule has 2 N–H and O–H groups in total. The molecule has 1 amide bonds. The van der Waals surface area contributed by atoms with Gasteiger partial charge in [0.15, 0.2) is 0 Å². The lowest BCUT2D eigenvalue weighted by atomic mass is 10.3. The Morgan fingerprint density at radius 3 is 2.94 bits per heavy atom. The third-order valence-corrected chi connectivity index (χ3v) is 3.08. The number of anilines is 1. The van der Waals surface area contributed by atoms with E-state index in [2.05, 4.69) is 9.55 Å². The maximum atomic E-state index is 11.9. The normalized spacial score (nSPS) is 16.2. The number of fused-ring (bicyclic) bond motifs is 3. The summed E-state index contributed by atoms with van der Waals surface area (Å²) in [5.41, 5.74) is 7.63. The zero-order chi connectivity index (χ0) is 12.0. The molecular weight excluding hydrogens is 216 g/mol. The Morgan fingerprint density at radius 2 is 2.18 bits per heavy atom. The molecular formula is C12H14N4O. The van der Waals surface area contributed by atoms with Crippen molar-refractivity contribution in [1.29, 1.82) is 0 Å². The number of para-hydroxylation sites is 2. The highest BCUT2D eigenvalue weighted by Crippen LogP contribution is 2.27. The first-order valence-corrected chi connectivity index (χ1v) is 5.70. The second-order valence-corrected chi connectivity index (χ2v) is 4.33. The van der Waals surface area contributed by atoms with Gasteiger partial charge in [-0.3, -0.25) is 9.69 Å². The van der Waals surface area contributed by atoms with E-state index in [0.29, 0.717) is 12.5 Å². The van der Waals surface area contributed by atoms with Crippen LogP contribution in [-0.2, 0) is 11.3 Å². The second-order valence-electron chi connectivity index (χ2n) is 4.33. The van der Waals surface area contributed by atoms with Crippen molar-refractivity contribution in [2.75, 3.05) is 11.4 Å². The Bertz CT molecular complexity index is 587. The van der Waals surface area contributed by atoms with E-state index in [1.165, 1.54) is 0 Å². The molecule has 1 atom stereocenters. The number of amides is 1. The van der Waals surface area contributed by atoms with Crippen LogP contribution in [0.3, 0.4) is 0 Å². The minimum Gasteiger partial charge on any atom is -0.320 e. The van der Waals surface area contributed by atoms with Gasteiger partial charge in [-0.2, -0.15) is 0 Å². The van der Waals surface area contributed by atoms with E-state index >= 15 is 0 Å². The molecule has 2 aromatic rings. The van der Waals surface area contributed by atoms with E-state index in [1.807, 2.05) is 24.3 Å². The number of rotatable bonds is 1. The molecule has 0 saturated heterocycles. The molecule has 88 valence electrons. The lowest BCUT2D eigenvalue weighted by molar-refractivity contribution is -0.119. The molecule has 3 rings (SSSR count). The van der Waals surface area contributed by atoms with Gasteiger partial charge in [-0.05, 0) is 19.1 Å². The van der Waals surface area contributed by atoms with Crippen LogP contribution in [0.4, 0.5) is 5.95 Å². The second kappa shape index (κ2) is 3.56. The van der Waals surface area contributed by atoms with Gasteiger partial charge in [-0.1, -0.05) is 12.1 Å². The van der Waals surface area contributed by atoms with Gasteiger partial charge < -0.3 is 10.3 Å². The van der Waals surface area contributed by atoms with Crippen molar-refractivity contribution in [1.82, 2.24) is 9.55 Å². The lowest BCUT2D eigenvalue weighted by Crippen LogP contribution is -2.41. The quantitative estimate of drug-likeness (QED) is 0.785. The topological polar surface area (TPSA) is 64.2 Å². The first kappa shape index (κ1) is 10.3. The van der Waals surface area contributed by atoms with Crippen LogP contribution in [0.2, 0.25) is 0 Å². The Labute approximate surface area is 98.8 Å². The minimum absolute atomic E-state index is 0.0703. The van der Waals surface area contributed by atoms with Gasteiger partial charge in [-0.25, -0.2) is 4.98 Å². The maximum absolute atomic E-state index is 11.9. The SMILES string of the molecule is C[C@@H](N)C(=O)N1CCn2c1nc1ccccc12. The lowest BCUT2D eigenvalue weighted by Gasteiger charge is -2.15.